The molecule has 1 rings (SSSR count). The standard InChI is InChI=1S/C9H7F5O.C7H16O.C6H14O.C4H10O/c1-3(2)15-9-7(13)5(11)4(10)6(12)8(9)14;1-4-5-6-8-7(2)3;1-5(2)7-6(3)4;1-4(2)5-3/h3H,1-2H3;7H,4-6H2,1-3H3;5-6H,1-4H3;4H,1-3H3. The summed E-state index contributed by atoms with van der Waals surface area (Å²) in [4.78, 5) is 0. The number of ether oxygens (including phenoxy) is 4. The molecule has 0 fully saturated rings. The van der Waals surface area contributed by atoms with Crippen LogP contribution in [0, 0.1) is 29.1 Å². The molecule has 0 aliphatic carbocycles. The molecule has 210 valence electrons. The summed E-state index contributed by atoms with van der Waals surface area (Å²) in [5.41, 5.74) is 0. The Balaban J connectivity index is -0.000000434. The zero-order valence-electron chi connectivity index (χ0n) is 23.5. The Labute approximate surface area is 209 Å². The highest BCUT2D eigenvalue weighted by Crippen LogP contribution is 2.29. The first kappa shape index (κ1) is 38.1. The van der Waals surface area contributed by atoms with Crippen molar-refractivity contribution in [2.24, 2.45) is 0 Å². The molecule has 0 unspecified atom stereocenters. The van der Waals surface area contributed by atoms with Crippen LogP contribution in [-0.4, -0.2) is 44.2 Å². The molecule has 0 atom stereocenters. The molecule has 0 radical (unpaired) electrons. The third-order valence-corrected chi connectivity index (χ3v) is 3.49. The number of methoxy groups -OCH3 is 1. The second-order valence-corrected chi connectivity index (χ2v) is 8.86. The van der Waals surface area contributed by atoms with Crippen LogP contribution in [0.1, 0.15) is 89.0 Å². The van der Waals surface area contributed by atoms with Gasteiger partial charge in [-0.15, -0.1) is 0 Å². The average molecular weight is 519 g/mol. The summed E-state index contributed by atoms with van der Waals surface area (Å²) in [6, 6.07) is 0. The van der Waals surface area contributed by atoms with Gasteiger partial charge in [0.25, 0.3) is 0 Å². The molecule has 0 bridgehead atoms. The van der Waals surface area contributed by atoms with Gasteiger partial charge < -0.3 is 18.9 Å². The zero-order chi connectivity index (χ0) is 28.3. The summed E-state index contributed by atoms with van der Waals surface area (Å²) in [6.45, 7) is 22.2. The zero-order valence-corrected chi connectivity index (χ0v) is 23.5. The third-order valence-electron chi connectivity index (χ3n) is 3.49. The molecular weight excluding hydrogens is 471 g/mol. The van der Waals surface area contributed by atoms with Crippen LogP contribution in [0.2, 0.25) is 0 Å². The molecular formula is C26H47F5O4. The normalized spacial score (nSPS) is 10.7. The fourth-order valence-corrected chi connectivity index (χ4v) is 1.93. The highest BCUT2D eigenvalue weighted by Gasteiger charge is 2.27. The van der Waals surface area contributed by atoms with Gasteiger partial charge in [0.2, 0.25) is 29.1 Å². The third kappa shape index (κ3) is 21.5. The van der Waals surface area contributed by atoms with Crippen LogP contribution < -0.4 is 4.74 Å². The van der Waals surface area contributed by atoms with Gasteiger partial charge in [-0.3, -0.25) is 0 Å². The molecule has 0 N–H and O–H groups in total. The monoisotopic (exact) mass is 518 g/mol. The topological polar surface area (TPSA) is 36.9 Å². The second kappa shape index (κ2) is 21.8. The van der Waals surface area contributed by atoms with Crippen molar-refractivity contribution in [3.8, 4) is 5.75 Å². The summed E-state index contributed by atoms with van der Waals surface area (Å²) < 4.78 is 83.4. The summed E-state index contributed by atoms with van der Waals surface area (Å²) in [6.07, 6.45) is 3.26. The Morgan fingerprint density at radius 1 is 0.571 bits per heavy atom. The van der Waals surface area contributed by atoms with E-state index in [9.17, 15) is 22.0 Å². The number of benzene rings is 1. The van der Waals surface area contributed by atoms with E-state index in [1.807, 2.05) is 41.5 Å². The van der Waals surface area contributed by atoms with Crippen molar-refractivity contribution in [2.75, 3.05) is 13.7 Å². The Bertz CT molecular complexity index is 616. The first-order chi connectivity index (χ1) is 16.0. The van der Waals surface area contributed by atoms with E-state index < -0.39 is 40.9 Å². The van der Waals surface area contributed by atoms with Gasteiger partial charge in [0.05, 0.1) is 30.5 Å². The first-order valence-corrected chi connectivity index (χ1v) is 12.0. The Hall–Kier alpha value is -1.45. The largest absolute Gasteiger partial charge is 0.485 e. The predicted octanol–water partition coefficient (Wildman–Crippen LogP) is 8.24. The number of halogens is 5. The highest BCUT2D eigenvalue weighted by atomic mass is 19.2. The van der Waals surface area contributed by atoms with E-state index in [0.29, 0.717) is 24.4 Å². The molecule has 0 saturated carbocycles. The van der Waals surface area contributed by atoms with Crippen molar-refractivity contribution in [3.05, 3.63) is 29.1 Å². The van der Waals surface area contributed by atoms with E-state index in [1.54, 1.807) is 7.11 Å². The van der Waals surface area contributed by atoms with Crippen molar-refractivity contribution in [1.82, 2.24) is 0 Å². The maximum absolute atomic E-state index is 12.9. The molecule has 1 aromatic rings. The van der Waals surface area contributed by atoms with Gasteiger partial charge in [-0.1, -0.05) is 13.3 Å². The number of hydrogen-bond donors (Lipinski definition) is 0. The average Bonchev–Trinajstić information content (AvgIpc) is 2.74. The van der Waals surface area contributed by atoms with Crippen molar-refractivity contribution >= 4 is 0 Å². The molecule has 0 heterocycles. The molecule has 9 heteroatoms. The summed E-state index contributed by atoms with van der Waals surface area (Å²) in [5.74, 6) is -11.4. The molecule has 35 heavy (non-hydrogen) atoms. The Morgan fingerprint density at radius 2 is 0.943 bits per heavy atom. The molecule has 0 spiro atoms. The van der Waals surface area contributed by atoms with Gasteiger partial charge in [0.15, 0.2) is 5.75 Å². The smallest absolute Gasteiger partial charge is 0.206 e. The molecule has 1 aromatic carbocycles. The number of rotatable bonds is 9. The fraction of sp³-hybridized carbons (Fsp3) is 0.769. The highest BCUT2D eigenvalue weighted by molar-refractivity contribution is 5.29. The SMILES string of the molecule is CC(C)OC(C)C.CC(C)Oc1c(F)c(F)c(F)c(F)c1F.CCCCOC(C)C.COC(C)C. The number of unbranched alkanes of at least 4 members (excludes halogenated alkanes) is 1. The van der Waals surface area contributed by atoms with Gasteiger partial charge in [-0.2, -0.15) is 8.78 Å². The van der Waals surface area contributed by atoms with Crippen LogP contribution in [0.4, 0.5) is 22.0 Å². The van der Waals surface area contributed by atoms with E-state index >= 15 is 0 Å². The van der Waals surface area contributed by atoms with Gasteiger partial charge >= 0.3 is 0 Å². The van der Waals surface area contributed by atoms with E-state index in [4.69, 9.17) is 14.2 Å². The van der Waals surface area contributed by atoms with Crippen LogP contribution in [0.3, 0.4) is 0 Å². The fourth-order valence-electron chi connectivity index (χ4n) is 1.93. The van der Waals surface area contributed by atoms with E-state index in [2.05, 4.69) is 25.5 Å². The van der Waals surface area contributed by atoms with Crippen LogP contribution in [0.5, 0.6) is 5.75 Å². The van der Waals surface area contributed by atoms with E-state index in [1.165, 1.54) is 26.7 Å². The van der Waals surface area contributed by atoms with Crippen LogP contribution in [0.15, 0.2) is 0 Å². The lowest BCUT2D eigenvalue weighted by Crippen LogP contribution is -2.12. The van der Waals surface area contributed by atoms with Crippen molar-refractivity contribution in [2.45, 2.75) is 120 Å². The van der Waals surface area contributed by atoms with Crippen LogP contribution in [-0.2, 0) is 14.2 Å². The van der Waals surface area contributed by atoms with Gasteiger partial charge in [0, 0.05) is 13.7 Å². The van der Waals surface area contributed by atoms with Crippen LogP contribution >= 0.6 is 0 Å². The molecule has 0 amide bonds. The second-order valence-electron chi connectivity index (χ2n) is 8.86. The Kier molecular flexibility index (Phi) is 23.7. The lowest BCUT2D eigenvalue weighted by atomic mass is 10.2. The van der Waals surface area contributed by atoms with Crippen molar-refractivity contribution in [3.63, 3.8) is 0 Å². The van der Waals surface area contributed by atoms with Gasteiger partial charge in [-0.05, 0) is 75.7 Å². The molecule has 4 nitrogen and oxygen atoms in total. The summed E-state index contributed by atoms with van der Waals surface area (Å²) >= 11 is 0. The Morgan fingerprint density at radius 3 is 1.17 bits per heavy atom. The number of hydrogen-bond acceptors (Lipinski definition) is 4. The van der Waals surface area contributed by atoms with Gasteiger partial charge in [0.1, 0.15) is 0 Å². The van der Waals surface area contributed by atoms with Crippen molar-refractivity contribution in [1.29, 1.82) is 0 Å². The predicted molar refractivity (Wildman–Crippen MR) is 131 cm³/mol. The van der Waals surface area contributed by atoms with Crippen LogP contribution in [0.25, 0.3) is 0 Å². The van der Waals surface area contributed by atoms with Crippen molar-refractivity contribution < 1.29 is 40.9 Å². The quantitative estimate of drug-likeness (QED) is 0.143. The molecule has 0 aromatic heterocycles. The lowest BCUT2D eigenvalue weighted by Gasteiger charge is -2.12. The molecule has 0 aliphatic heterocycles. The van der Waals surface area contributed by atoms with Gasteiger partial charge in [-0.25, -0.2) is 13.2 Å². The minimum Gasteiger partial charge on any atom is -0.485 e. The maximum atomic E-state index is 12.9. The summed E-state index contributed by atoms with van der Waals surface area (Å²) in [7, 11) is 1.70. The minimum atomic E-state index is -2.19. The summed E-state index contributed by atoms with van der Waals surface area (Å²) in [5, 5.41) is 0. The maximum Gasteiger partial charge on any atom is 0.206 e. The van der Waals surface area contributed by atoms with E-state index in [-0.39, 0.29) is 0 Å². The van der Waals surface area contributed by atoms with E-state index in [0.717, 1.165) is 6.61 Å². The lowest BCUT2D eigenvalue weighted by molar-refractivity contribution is 0.0300. The molecule has 0 aliphatic rings. The first-order valence-electron chi connectivity index (χ1n) is 12.0. The minimum absolute atomic E-state index is 0.375. The molecule has 0 saturated heterocycles.